The van der Waals surface area contributed by atoms with Crippen LogP contribution in [0.25, 0.3) is 0 Å². The molecule has 0 saturated heterocycles. The molecule has 4 aromatic rings. The van der Waals surface area contributed by atoms with Crippen LogP contribution in [0.15, 0.2) is 100 Å². The first kappa shape index (κ1) is 37.5. The molecule has 0 aliphatic heterocycles. The van der Waals surface area contributed by atoms with Crippen LogP contribution in [0.4, 0.5) is 5.69 Å². The van der Waals surface area contributed by atoms with Crippen LogP contribution < -0.4 is 19.1 Å². The van der Waals surface area contributed by atoms with Crippen LogP contribution >= 0.6 is 15.9 Å². The number of ether oxygens (including phenoxy) is 2. The summed E-state index contributed by atoms with van der Waals surface area (Å²) >= 11 is 3.47. The first-order chi connectivity index (χ1) is 23.1. The molecule has 0 fully saturated rings. The number of nitrogens with one attached hydrogen (secondary N) is 1. The zero-order valence-electron chi connectivity index (χ0n) is 29.0. The van der Waals surface area contributed by atoms with Gasteiger partial charge in [-0.3, -0.25) is 13.9 Å². The molecule has 0 radical (unpaired) electrons. The fraction of sp³-hybridized carbons (Fsp3) is 0.316. The summed E-state index contributed by atoms with van der Waals surface area (Å²) in [4.78, 5) is 30.2. The van der Waals surface area contributed by atoms with Gasteiger partial charge in [-0.1, -0.05) is 64.5 Å². The molecule has 0 aromatic heterocycles. The molecule has 49 heavy (non-hydrogen) atoms. The summed E-state index contributed by atoms with van der Waals surface area (Å²) in [5.74, 6) is -0.294. The lowest BCUT2D eigenvalue weighted by Gasteiger charge is -2.35. The predicted octanol–water partition coefficient (Wildman–Crippen LogP) is 6.83. The van der Waals surface area contributed by atoms with Gasteiger partial charge in [0.2, 0.25) is 11.8 Å². The van der Waals surface area contributed by atoms with Crippen molar-refractivity contribution in [1.29, 1.82) is 0 Å². The van der Waals surface area contributed by atoms with E-state index < -0.39 is 34.1 Å². The fourth-order valence-electron chi connectivity index (χ4n) is 5.52. The van der Waals surface area contributed by atoms with Gasteiger partial charge < -0.3 is 19.7 Å². The van der Waals surface area contributed by atoms with Crippen molar-refractivity contribution in [3.8, 4) is 11.5 Å². The normalized spacial score (nSPS) is 12.2. The Bertz CT molecular complexity index is 1860. The van der Waals surface area contributed by atoms with Gasteiger partial charge >= 0.3 is 0 Å². The number of hydrogen-bond donors (Lipinski definition) is 1. The molecular weight excluding hydrogens is 706 g/mol. The third kappa shape index (κ3) is 9.86. The minimum Gasteiger partial charge on any atom is -0.493 e. The minimum absolute atomic E-state index is 0.0677. The van der Waals surface area contributed by atoms with Gasteiger partial charge in [-0.15, -0.1) is 0 Å². The molecule has 0 bridgehead atoms. The number of halogens is 1. The molecule has 260 valence electrons. The third-order valence-corrected chi connectivity index (χ3v) is 10.1. The molecular formula is C38H44BrN3O6S. The van der Waals surface area contributed by atoms with E-state index in [4.69, 9.17) is 9.47 Å². The first-order valence-corrected chi connectivity index (χ1v) is 18.1. The SMILES string of the molecule is COc1ccc(S(=O)(=O)N(CC(=O)N(Cc2ccc(Br)cc2)[C@@H](Cc2ccccc2)C(=O)NC(C)(C)C)c2cc(C)cc(C)c2)cc1OC. The molecule has 0 saturated carbocycles. The molecule has 1 atom stereocenters. The Hall–Kier alpha value is -4.35. The van der Waals surface area contributed by atoms with Crippen molar-refractivity contribution in [3.05, 3.63) is 118 Å². The second kappa shape index (κ2) is 15.9. The maximum absolute atomic E-state index is 14.8. The summed E-state index contributed by atoms with van der Waals surface area (Å²) < 4.78 is 41.8. The summed E-state index contributed by atoms with van der Waals surface area (Å²) in [7, 11) is -1.45. The van der Waals surface area contributed by atoms with Gasteiger partial charge in [-0.05, 0) is 93.3 Å². The Balaban J connectivity index is 1.86. The van der Waals surface area contributed by atoms with Gasteiger partial charge in [0.1, 0.15) is 12.6 Å². The quantitative estimate of drug-likeness (QED) is 0.161. The molecule has 0 aliphatic rings. The number of aryl methyl sites for hydroxylation is 2. The van der Waals surface area contributed by atoms with Crippen LogP contribution in [0, 0.1) is 13.8 Å². The lowest BCUT2D eigenvalue weighted by Crippen LogP contribution is -2.56. The molecule has 4 rings (SSSR count). The van der Waals surface area contributed by atoms with Crippen molar-refractivity contribution in [2.75, 3.05) is 25.1 Å². The van der Waals surface area contributed by atoms with Crippen LogP contribution in [-0.2, 0) is 32.6 Å². The van der Waals surface area contributed by atoms with Crippen molar-refractivity contribution in [1.82, 2.24) is 10.2 Å². The van der Waals surface area contributed by atoms with E-state index in [0.29, 0.717) is 11.4 Å². The van der Waals surface area contributed by atoms with Crippen LogP contribution in [0.2, 0.25) is 0 Å². The first-order valence-electron chi connectivity index (χ1n) is 15.8. The highest BCUT2D eigenvalue weighted by molar-refractivity contribution is 9.10. The van der Waals surface area contributed by atoms with Crippen LogP contribution in [0.5, 0.6) is 11.5 Å². The Morgan fingerprint density at radius 1 is 0.816 bits per heavy atom. The van der Waals surface area contributed by atoms with Gasteiger partial charge in [-0.25, -0.2) is 8.42 Å². The molecule has 4 aromatic carbocycles. The Morgan fingerprint density at radius 3 is 2.00 bits per heavy atom. The van der Waals surface area contributed by atoms with Gasteiger partial charge in [0.25, 0.3) is 10.0 Å². The predicted molar refractivity (Wildman–Crippen MR) is 197 cm³/mol. The average Bonchev–Trinajstić information content (AvgIpc) is 3.04. The smallest absolute Gasteiger partial charge is 0.264 e. The lowest BCUT2D eigenvalue weighted by molar-refractivity contribution is -0.140. The van der Waals surface area contributed by atoms with E-state index >= 15 is 0 Å². The van der Waals surface area contributed by atoms with Crippen LogP contribution in [0.3, 0.4) is 0 Å². The second-order valence-electron chi connectivity index (χ2n) is 13.0. The average molecular weight is 751 g/mol. The van der Waals surface area contributed by atoms with Crippen molar-refractivity contribution < 1.29 is 27.5 Å². The summed E-state index contributed by atoms with van der Waals surface area (Å²) in [5.41, 5.74) is 3.03. The topological polar surface area (TPSA) is 105 Å². The van der Waals surface area contributed by atoms with Crippen molar-refractivity contribution in [2.45, 2.75) is 64.1 Å². The van der Waals surface area contributed by atoms with Crippen molar-refractivity contribution in [2.24, 2.45) is 0 Å². The third-order valence-electron chi connectivity index (χ3n) is 7.75. The maximum Gasteiger partial charge on any atom is 0.264 e. The number of carbonyl (C=O) groups is 2. The van der Waals surface area contributed by atoms with Crippen molar-refractivity contribution in [3.63, 3.8) is 0 Å². The number of rotatable bonds is 13. The summed E-state index contributed by atoms with van der Waals surface area (Å²) in [6.07, 6.45) is 0.219. The number of anilines is 1. The van der Waals surface area contributed by atoms with E-state index in [9.17, 15) is 18.0 Å². The zero-order chi connectivity index (χ0) is 35.9. The van der Waals surface area contributed by atoms with Gasteiger partial charge in [-0.2, -0.15) is 0 Å². The molecule has 0 aliphatic carbocycles. The Morgan fingerprint density at radius 2 is 1.43 bits per heavy atom. The molecule has 0 unspecified atom stereocenters. The lowest BCUT2D eigenvalue weighted by atomic mass is 10.0. The van der Waals surface area contributed by atoms with E-state index in [1.54, 1.807) is 12.1 Å². The minimum atomic E-state index is -4.34. The molecule has 2 amide bonds. The summed E-state index contributed by atoms with van der Waals surface area (Å²) in [5, 5.41) is 3.05. The largest absolute Gasteiger partial charge is 0.493 e. The highest BCUT2D eigenvalue weighted by atomic mass is 79.9. The van der Waals surface area contributed by atoms with E-state index in [1.807, 2.05) is 95.3 Å². The van der Waals surface area contributed by atoms with Crippen LogP contribution in [-0.4, -0.2) is 57.5 Å². The molecule has 9 nitrogen and oxygen atoms in total. The number of sulfonamides is 1. The second-order valence-corrected chi connectivity index (χ2v) is 15.7. The number of nitrogens with zero attached hydrogens (tertiary/aromatic N) is 2. The van der Waals surface area contributed by atoms with E-state index in [1.165, 1.54) is 37.3 Å². The van der Waals surface area contributed by atoms with Gasteiger partial charge in [0, 0.05) is 29.0 Å². The number of carbonyl (C=O) groups excluding carboxylic acids is 2. The Labute approximate surface area is 298 Å². The fourth-order valence-corrected chi connectivity index (χ4v) is 7.20. The highest BCUT2D eigenvalue weighted by Gasteiger charge is 2.36. The summed E-state index contributed by atoms with van der Waals surface area (Å²) in [6.45, 7) is 8.87. The molecule has 11 heteroatoms. The van der Waals surface area contributed by atoms with Gasteiger partial charge in [0.15, 0.2) is 11.5 Å². The Kier molecular flexibility index (Phi) is 12.2. The number of benzene rings is 4. The van der Waals surface area contributed by atoms with E-state index in [0.717, 1.165) is 31.0 Å². The number of hydrogen-bond acceptors (Lipinski definition) is 6. The molecule has 1 N–H and O–H groups in total. The standard InChI is InChI=1S/C38H44BrN3O6S/c1-26-19-27(2)21-31(20-26)42(49(45,46)32-17-18-34(47-6)35(23-32)48-7)25-36(43)41(24-29-13-15-30(39)16-14-29)33(37(44)40-38(3,4)5)22-28-11-9-8-10-12-28/h8-21,23,33H,22,24-25H2,1-7H3,(H,40,44)/t33-/m0/s1. The van der Waals surface area contributed by atoms with Crippen LogP contribution in [0.1, 0.15) is 43.0 Å². The van der Waals surface area contributed by atoms with Crippen molar-refractivity contribution >= 4 is 43.5 Å². The summed E-state index contributed by atoms with van der Waals surface area (Å²) in [6, 6.07) is 25.7. The number of amides is 2. The molecule has 0 spiro atoms. The van der Waals surface area contributed by atoms with E-state index in [-0.39, 0.29) is 29.5 Å². The molecule has 0 heterocycles. The maximum atomic E-state index is 14.8. The van der Waals surface area contributed by atoms with Gasteiger partial charge in [0.05, 0.1) is 24.8 Å². The van der Waals surface area contributed by atoms with E-state index in [2.05, 4.69) is 21.2 Å². The highest BCUT2D eigenvalue weighted by Crippen LogP contribution is 2.33. The zero-order valence-corrected chi connectivity index (χ0v) is 31.4. The number of methoxy groups -OCH3 is 2. The monoisotopic (exact) mass is 749 g/mol.